The second-order valence-corrected chi connectivity index (χ2v) is 5.82. The highest BCUT2D eigenvalue weighted by atomic mass is 79.9. The molecule has 3 rings (SSSR count). The molecule has 0 amide bonds. The molecule has 0 spiro atoms. The molecule has 0 bridgehead atoms. The first-order valence-electron chi connectivity index (χ1n) is 6.53. The number of hydrogen-bond acceptors (Lipinski definition) is 3. The van der Waals surface area contributed by atoms with Gasteiger partial charge in [0.15, 0.2) is 0 Å². The van der Waals surface area contributed by atoms with Crippen molar-refractivity contribution in [1.82, 2.24) is 0 Å². The molecule has 1 heterocycles. The molecule has 104 valence electrons. The maximum Gasteiger partial charge on any atom is 0.126 e. The average molecular weight is 334 g/mol. The molecule has 0 radical (unpaired) electrons. The van der Waals surface area contributed by atoms with Gasteiger partial charge in [0.1, 0.15) is 17.6 Å². The first kappa shape index (κ1) is 13.5. The Bertz CT molecular complexity index is 612. The molecule has 0 aliphatic carbocycles. The molecule has 0 fully saturated rings. The predicted molar refractivity (Wildman–Crippen MR) is 82.1 cm³/mol. The van der Waals surface area contributed by atoms with Crippen molar-refractivity contribution in [2.45, 2.75) is 18.6 Å². The molecule has 2 atom stereocenters. The van der Waals surface area contributed by atoms with Gasteiger partial charge in [-0.3, -0.25) is 0 Å². The molecule has 0 saturated carbocycles. The molecule has 3 nitrogen and oxygen atoms in total. The fourth-order valence-corrected chi connectivity index (χ4v) is 2.76. The van der Waals surface area contributed by atoms with Crippen LogP contribution >= 0.6 is 15.9 Å². The molecule has 1 aliphatic rings. The third kappa shape index (κ3) is 2.53. The van der Waals surface area contributed by atoms with E-state index in [0.29, 0.717) is 0 Å². The number of ether oxygens (including phenoxy) is 2. The fourth-order valence-electron chi connectivity index (χ4n) is 2.49. The van der Waals surface area contributed by atoms with E-state index < -0.39 is 0 Å². The van der Waals surface area contributed by atoms with Gasteiger partial charge in [-0.15, -0.1) is 0 Å². The van der Waals surface area contributed by atoms with Crippen molar-refractivity contribution in [3.05, 3.63) is 58.1 Å². The Morgan fingerprint density at radius 1 is 1.20 bits per heavy atom. The summed E-state index contributed by atoms with van der Waals surface area (Å²) in [6.45, 7) is 0. The summed E-state index contributed by atoms with van der Waals surface area (Å²) < 4.78 is 12.4. The molecule has 0 aromatic heterocycles. The van der Waals surface area contributed by atoms with E-state index >= 15 is 0 Å². The highest BCUT2D eigenvalue weighted by molar-refractivity contribution is 9.10. The highest BCUT2D eigenvalue weighted by Crippen LogP contribution is 2.41. The van der Waals surface area contributed by atoms with Crippen LogP contribution in [0.15, 0.2) is 46.9 Å². The average Bonchev–Trinajstić information content (AvgIpc) is 2.47. The van der Waals surface area contributed by atoms with Crippen LogP contribution in [0, 0.1) is 0 Å². The Morgan fingerprint density at radius 3 is 2.65 bits per heavy atom. The van der Waals surface area contributed by atoms with Crippen LogP contribution in [0.3, 0.4) is 0 Å². The monoisotopic (exact) mass is 333 g/mol. The van der Waals surface area contributed by atoms with Crippen LogP contribution in [0.5, 0.6) is 11.5 Å². The van der Waals surface area contributed by atoms with Gasteiger partial charge < -0.3 is 15.2 Å². The van der Waals surface area contributed by atoms with E-state index in [4.69, 9.17) is 15.2 Å². The van der Waals surface area contributed by atoms with E-state index in [-0.39, 0.29) is 12.1 Å². The van der Waals surface area contributed by atoms with E-state index in [2.05, 4.69) is 28.1 Å². The summed E-state index contributed by atoms with van der Waals surface area (Å²) >= 11 is 3.44. The summed E-state index contributed by atoms with van der Waals surface area (Å²) in [6.07, 6.45) is 0.765. The van der Waals surface area contributed by atoms with Crippen molar-refractivity contribution < 1.29 is 9.47 Å². The van der Waals surface area contributed by atoms with E-state index in [0.717, 1.165) is 33.5 Å². The van der Waals surface area contributed by atoms with Crippen LogP contribution in [0.2, 0.25) is 0 Å². The standard InChI is InChI=1S/C16H16BrNO2/c1-19-12-6-7-15-13(8-12)14(18)9-16(20-15)10-2-4-11(17)5-3-10/h2-8,14,16H,9,18H2,1H3. The number of benzene rings is 2. The lowest BCUT2D eigenvalue weighted by molar-refractivity contribution is 0.161. The van der Waals surface area contributed by atoms with Crippen LogP contribution in [0.4, 0.5) is 0 Å². The van der Waals surface area contributed by atoms with Gasteiger partial charge in [-0.25, -0.2) is 0 Å². The lowest BCUT2D eigenvalue weighted by Crippen LogP contribution is -2.24. The number of halogens is 1. The Balaban J connectivity index is 1.90. The molecule has 2 aromatic carbocycles. The summed E-state index contributed by atoms with van der Waals surface area (Å²) in [7, 11) is 1.65. The molecular formula is C16H16BrNO2. The maximum absolute atomic E-state index is 6.28. The van der Waals surface area contributed by atoms with Crippen molar-refractivity contribution in [3.8, 4) is 11.5 Å². The summed E-state index contributed by atoms with van der Waals surface area (Å²) in [5.74, 6) is 1.65. The molecular weight excluding hydrogens is 318 g/mol. The molecule has 1 aliphatic heterocycles. The van der Waals surface area contributed by atoms with Crippen molar-refractivity contribution >= 4 is 15.9 Å². The number of rotatable bonds is 2. The Morgan fingerprint density at radius 2 is 1.95 bits per heavy atom. The fraction of sp³-hybridized carbons (Fsp3) is 0.250. The second kappa shape index (κ2) is 5.46. The van der Waals surface area contributed by atoms with E-state index in [1.54, 1.807) is 7.11 Å². The zero-order chi connectivity index (χ0) is 14.1. The summed E-state index contributed by atoms with van der Waals surface area (Å²) in [4.78, 5) is 0. The van der Waals surface area contributed by atoms with Crippen molar-refractivity contribution in [2.24, 2.45) is 5.73 Å². The first-order valence-corrected chi connectivity index (χ1v) is 7.32. The quantitative estimate of drug-likeness (QED) is 0.903. The van der Waals surface area contributed by atoms with Gasteiger partial charge in [-0.1, -0.05) is 28.1 Å². The third-order valence-electron chi connectivity index (χ3n) is 3.60. The molecule has 2 unspecified atom stereocenters. The van der Waals surface area contributed by atoms with Crippen LogP contribution < -0.4 is 15.2 Å². The van der Waals surface area contributed by atoms with E-state index in [1.807, 2.05) is 30.3 Å². The van der Waals surface area contributed by atoms with Crippen molar-refractivity contribution in [2.75, 3.05) is 7.11 Å². The predicted octanol–water partition coefficient (Wildman–Crippen LogP) is 3.98. The smallest absolute Gasteiger partial charge is 0.126 e. The topological polar surface area (TPSA) is 44.5 Å². The highest BCUT2D eigenvalue weighted by Gasteiger charge is 2.27. The van der Waals surface area contributed by atoms with Gasteiger partial charge in [0.2, 0.25) is 0 Å². The number of fused-ring (bicyclic) bond motifs is 1. The first-order chi connectivity index (χ1) is 9.67. The SMILES string of the molecule is COc1ccc2c(c1)C(N)CC(c1ccc(Br)cc1)O2. The van der Waals surface area contributed by atoms with E-state index in [1.165, 1.54) is 0 Å². The van der Waals surface area contributed by atoms with Gasteiger partial charge >= 0.3 is 0 Å². The molecule has 4 heteroatoms. The number of nitrogens with two attached hydrogens (primary N) is 1. The normalized spacial score (nSPS) is 20.9. The van der Waals surface area contributed by atoms with Crippen molar-refractivity contribution in [3.63, 3.8) is 0 Å². The number of hydrogen-bond donors (Lipinski definition) is 1. The zero-order valence-corrected chi connectivity index (χ0v) is 12.8. The summed E-state index contributed by atoms with van der Waals surface area (Å²) in [6, 6.07) is 13.9. The van der Waals surface area contributed by atoms with Crippen LogP contribution in [0.1, 0.15) is 29.7 Å². The summed E-state index contributed by atoms with van der Waals surface area (Å²) in [5.41, 5.74) is 8.44. The lowest BCUT2D eigenvalue weighted by atomic mass is 9.93. The minimum atomic E-state index is -0.0394. The molecule has 2 aromatic rings. The lowest BCUT2D eigenvalue weighted by Gasteiger charge is -2.30. The zero-order valence-electron chi connectivity index (χ0n) is 11.2. The van der Waals surface area contributed by atoms with Gasteiger partial charge in [0.25, 0.3) is 0 Å². The van der Waals surface area contributed by atoms with Gasteiger partial charge in [0.05, 0.1) is 7.11 Å². The van der Waals surface area contributed by atoms with Gasteiger partial charge in [-0.05, 0) is 35.9 Å². The molecule has 20 heavy (non-hydrogen) atoms. The molecule has 2 N–H and O–H groups in total. The van der Waals surface area contributed by atoms with Crippen LogP contribution in [-0.4, -0.2) is 7.11 Å². The van der Waals surface area contributed by atoms with Crippen LogP contribution in [0.25, 0.3) is 0 Å². The van der Waals surface area contributed by atoms with Gasteiger partial charge in [0, 0.05) is 22.5 Å². The largest absolute Gasteiger partial charge is 0.497 e. The van der Waals surface area contributed by atoms with Gasteiger partial charge in [-0.2, -0.15) is 0 Å². The van der Waals surface area contributed by atoms with E-state index in [9.17, 15) is 0 Å². The summed E-state index contributed by atoms with van der Waals surface area (Å²) in [5, 5.41) is 0. The Kier molecular flexibility index (Phi) is 3.68. The van der Waals surface area contributed by atoms with Crippen LogP contribution in [-0.2, 0) is 0 Å². The Hall–Kier alpha value is -1.52. The minimum absolute atomic E-state index is 0.000931. The van der Waals surface area contributed by atoms with Crippen molar-refractivity contribution in [1.29, 1.82) is 0 Å². The molecule has 0 saturated heterocycles. The number of methoxy groups -OCH3 is 1. The minimum Gasteiger partial charge on any atom is -0.497 e. The Labute approximate surface area is 126 Å². The third-order valence-corrected chi connectivity index (χ3v) is 4.12. The second-order valence-electron chi connectivity index (χ2n) is 4.90. The maximum atomic E-state index is 6.28.